The highest BCUT2D eigenvalue weighted by atomic mass is 19.1. The van der Waals surface area contributed by atoms with E-state index in [2.05, 4.69) is 42.0 Å². The summed E-state index contributed by atoms with van der Waals surface area (Å²) in [5.41, 5.74) is 5.32. The minimum Gasteiger partial charge on any atom is -0.368 e. The van der Waals surface area contributed by atoms with Crippen LogP contribution in [0.2, 0.25) is 0 Å². The molecule has 1 aliphatic rings. The van der Waals surface area contributed by atoms with E-state index in [1.807, 2.05) is 4.90 Å². The predicted molar refractivity (Wildman–Crippen MR) is 134 cm³/mol. The first-order valence-corrected chi connectivity index (χ1v) is 11.8. The van der Waals surface area contributed by atoms with E-state index < -0.39 is 0 Å². The minimum atomic E-state index is -0.323. The van der Waals surface area contributed by atoms with E-state index in [1.165, 1.54) is 33.5 Å². The van der Waals surface area contributed by atoms with Crippen molar-refractivity contribution in [2.75, 3.05) is 31.1 Å². The van der Waals surface area contributed by atoms with Crippen molar-refractivity contribution in [3.05, 3.63) is 88.2 Å². The fourth-order valence-corrected chi connectivity index (χ4v) is 4.61. The number of benzene rings is 2. The Morgan fingerprint density at radius 1 is 1.00 bits per heavy atom. The van der Waals surface area contributed by atoms with Gasteiger partial charge < -0.3 is 14.4 Å². The summed E-state index contributed by atoms with van der Waals surface area (Å²) in [6, 6.07) is 14.0. The van der Waals surface area contributed by atoms with E-state index in [4.69, 9.17) is 0 Å². The molecule has 4 aromatic rings. The number of hydrogen-bond acceptors (Lipinski definition) is 4. The summed E-state index contributed by atoms with van der Waals surface area (Å²) in [5.74, 6) is -0.269. The number of rotatable bonds is 5. The first-order valence-electron chi connectivity index (χ1n) is 11.8. The maximum absolute atomic E-state index is 13.2. The van der Waals surface area contributed by atoms with Gasteiger partial charge in [0.1, 0.15) is 11.3 Å². The fourth-order valence-electron chi connectivity index (χ4n) is 4.61. The van der Waals surface area contributed by atoms with Crippen LogP contribution in [0.1, 0.15) is 17.5 Å². The quantitative estimate of drug-likeness (QED) is 0.444. The highest BCUT2D eigenvalue weighted by Crippen LogP contribution is 2.24. The topological polar surface area (TPSA) is 62.9 Å². The highest BCUT2D eigenvalue weighted by molar-refractivity contribution is 5.76. The number of halogens is 1. The monoisotopic (exact) mass is 473 g/mol. The zero-order valence-corrected chi connectivity index (χ0v) is 19.9. The van der Waals surface area contributed by atoms with Gasteiger partial charge in [0.15, 0.2) is 0 Å². The molecule has 8 heteroatoms. The maximum Gasteiger partial charge on any atom is 0.276 e. The average molecular weight is 474 g/mol. The van der Waals surface area contributed by atoms with Gasteiger partial charge in [-0.2, -0.15) is 5.10 Å². The van der Waals surface area contributed by atoms with Crippen LogP contribution < -0.4 is 10.5 Å². The van der Waals surface area contributed by atoms with Crippen molar-refractivity contribution < 1.29 is 9.18 Å². The van der Waals surface area contributed by atoms with Gasteiger partial charge in [0, 0.05) is 62.8 Å². The van der Waals surface area contributed by atoms with Gasteiger partial charge in [-0.1, -0.05) is 12.1 Å². The molecular formula is C27H28FN5O2. The number of carbonyl (C=O) groups excluding carboxylic acids is 1. The summed E-state index contributed by atoms with van der Waals surface area (Å²) in [4.78, 5) is 30.1. The van der Waals surface area contributed by atoms with Gasteiger partial charge in [0.05, 0.1) is 5.69 Å². The molecule has 0 atom stereocenters. The summed E-state index contributed by atoms with van der Waals surface area (Å²) in [6.45, 7) is 7.50. The Morgan fingerprint density at radius 3 is 2.49 bits per heavy atom. The third-order valence-corrected chi connectivity index (χ3v) is 6.86. The van der Waals surface area contributed by atoms with E-state index >= 15 is 0 Å². The molecule has 5 rings (SSSR count). The van der Waals surface area contributed by atoms with Gasteiger partial charge in [-0.15, -0.1) is 0 Å². The van der Waals surface area contributed by atoms with Crippen LogP contribution in [0.4, 0.5) is 10.1 Å². The molecule has 2 aromatic carbocycles. The summed E-state index contributed by atoms with van der Waals surface area (Å²) < 4.78 is 16.3. The van der Waals surface area contributed by atoms with Crippen molar-refractivity contribution in [3.63, 3.8) is 0 Å². The van der Waals surface area contributed by atoms with Crippen LogP contribution in [-0.4, -0.2) is 51.2 Å². The molecule has 1 saturated heterocycles. The lowest BCUT2D eigenvalue weighted by Crippen LogP contribution is -2.49. The van der Waals surface area contributed by atoms with Crippen molar-refractivity contribution in [1.29, 1.82) is 0 Å². The molecule has 180 valence electrons. The Bertz CT molecular complexity index is 1430. The molecule has 0 radical (unpaired) electrons. The third-order valence-electron chi connectivity index (χ3n) is 6.86. The van der Waals surface area contributed by atoms with Crippen LogP contribution in [0.3, 0.4) is 0 Å². The number of piperazine rings is 1. The molecule has 0 bridgehead atoms. The second kappa shape index (κ2) is 9.37. The lowest BCUT2D eigenvalue weighted by Gasteiger charge is -2.37. The molecule has 0 unspecified atom stereocenters. The van der Waals surface area contributed by atoms with Crippen LogP contribution in [0.5, 0.6) is 0 Å². The SMILES string of the molecule is Cc1cccc(N2CCN(C(=O)CCn3ccn4nc(-c5ccc(F)cc5)cc4c3=O)CC2)c1C. The molecule has 0 saturated carbocycles. The van der Waals surface area contributed by atoms with Gasteiger partial charge in [0.25, 0.3) is 5.56 Å². The summed E-state index contributed by atoms with van der Waals surface area (Å²) in [6.07, 6.45) is 3.62. The number of carbonyl (C=O) groups is 1. The van der Waals surface area contributed by atoms with Crippen molar-refractivity contribution in [1.82, 2.24) is 19.1 Å². The molecular weight excluding hydrogens is 445 g/mol. The van der Waals surface area contributed by atoms with Crippen LogP contribution in [-0.2, 0) is 11.3 Å². The first kappa shape index (κ1) is 22.8. The van der Waals surface area contributed by atoms with Crippen LogP contribution >= 0.6 is 0 Å². The molecule has 0 aliphatic carbocycles. The van der Waals surface area contributed by atoms with E-state index in [0.717, 1.165) is 18.7 Å². The molecule has 1 fully saturated rings. The Hall–Kier alpha value is -3.94. The number of nitrogens with zero attached hydrogens (tertiary/aromatic N) is 5. The van der Waals surface area contributed by atoms with E-state index in [0.29, 0.717) is 30.8 Å². The molecule has 3 heterocycles. The molecule has 1 amide bonds. The number of fused-ring (bicyclic) bond motifs is 1. The van der Waals surface area contributed by atoms with Gasteiger partial charge in [-0.3, -0.25) is 9.59 Å². The third kappa shape index (κ3) is 4.56. The van der Waals surface area contributed by atoms with Crippen LogP contribution in [0, 0.1) is 19.7 Å². The Labute approximate surface area is 203 Å². The van der Waals surface area contributed by atoms with Gasteiger partial charge in [0.2, 0.25) is 5.91 Å². The first-order chi connectivity index (χ1) is 16.9. The summed E-state index contributed by atoms with van der Waals surface area (Å²) >= 11 is 0. The minimum absolute atomic E-state index is 0.0536. The zero-order chi connectivity index (χ0) is 24.5. The van der Waals surface area contributed by atoms with Gasteiger partial charge in [-0.25, -0.2) is 8.91 Å². The van der Waals surface area contributed by atoms with Crippen molar-refractivity contribution in [3.8, 4) is 11.3 Å². The van der Waals surface area contributed by atoms with E-state index in [-0.39, 0.29) is 23.7 Å². The van der Waals surface area contributed by atoms with E-state index in [1.54, 1.807) is 35.2 Å². The summed E-state index contributed by atoms with van der Waals surface area (Å²) in [5, 5.41) is 4.43. The van der Waals surface area contributed by atoms with Crippen molar-refractivity contribution in [2.24, 2.45) is 0 Å². The van der Waals surface area contributed by atoms with Gasteiger partial charge >= 0.3 is 0 Å². The predicted octanol–water partition coefficient (Wildman–Crippen LogP) is 3.66. The summed E-state index contributed by atoms with van der Waals surface area (Å²) in [7, 11) is 0. The van der Waals surface area contributed by atoms with Crippen LogP contribution in [0.15, 0.2) is 65.7 Å². The highest BCUT2D eigenvalue weighted by Gasteiger charge is 2.22. The lowest BCUT2D eigenvalue weighted by molar-refractivity contribution is -0.131. The van der Waals surface area contributed by atoms with Crippen molar-refractivity contribution in [2.45, 2.75) is 26.8 Å². The molecule has 0 spiro atoms. The Kier molecular flexibility index (Phi) is 6.11. The second-order valence-electron chi connectivity index (χ2n) is 9.00. The number of anilines is 1. The molecule has 1 aliphatic heterocycles. The van der Waals surface area contributed by atoms with E-state index in [9.17, 15) is 14.0 Å². The smallest absolute Gasteiger partial charge is 0.276 e. The average Bonchev–Trinajstić information content (AvgIpc) is 3.31. The Balaban J connectivity index is 1.23. The molecule has 2 aromatic heterocycles. The number of amides is 1. The Morgan fingerprint density at radius 2 is 1.74 bits per heavy atom. The zero-order valence-electron chi connectivity index (χ0n) is 19.9. The largest absolute Gasteiger partial charge is 0.368 e. The fraction of sp³-hybridized carbons (Fsp3) is 0.296. The van der Waals surface area contributed by atoms with Gasteiger partial charge in [-0.05, 0) is 61.4 Å². The lowest BCUT2D eigenvalue weighted by atomic mass is 10.1. The standard InChI is InChI=1S/C27H28FN5O2/c1-19-4-3-5-24(20(19)2)30-12-14-31(15-13-30)26(34)10-11-32-16-17-33-25(27(32)35)18-23(29-33)21-6-8-22(28)9-7-21/h3-9,16-18H,10-15H2,1-2H3. The normalized spacial score (nSPS) is 14.0. The second-order valence-corrected chi connectivity index (χ2v) is 9.00. The maximum atomic E-state index is 13.2. The number of aryl methyl sites for hydroxylation is 2. The molecule has 35 heavy (non-hydrogen) atoms. The molecule has 0 N–H and O–H groups in total. The number of hydrogen-bond donors (Lipinski definition) is 0. The van der Waals surface area contributed by atoms with Crippen LogP contribution in [0.25, 0.3) is 16.8 Å². The molecule has 7 nitrogen and oxygen atoms in total. The number of aromatic nitrogens is 3. The van der Waals surface area contributed by atoms with Crippen molar-refractivity contribution >= 4 is 17.1 Å².